The van der Waals surface area contributed by atoms with Gasteiger partial charge in [-0.3, -0.25) is 4.90 Å². The van der Waals surface area contributed by atoms with Gasteiger partial charge in [0, 0.05) is 18.7 Å². The summed E-state index contributed by atoms with van der Waals surface area (Å²) in [5.74, 6) is 2.05. The van der Waals surface area contributed by atoms with Gasteiger partial charge in [-0.1, -0.05) is 30.3 Å². The van der Waals surface area contributed by atoms with Crippen LogP contribution in [0, 0.1) is 5.41 Å². The second kappa shape index (κ2) is 5.32. The summed E-state index contributed by atoms with van der Waals surface area (Å²) in [5, 5.41) is 3.51. The Kier molecular flexibility index (Phi) is 3.32. The van der Waals surface area contributed by atoms with Crippen LogP contribution in [0.25, 0.3) is 11.3 Å². The number of benzene rings is 1. The molecule has 2 saturated heterocycles. The number of hydrogen-bond donors (Lipinski definition) is 1. The second-order valence-electron chi connectivity index (χ2n) is 6.52. The van der Waals surface area contributed by atoms with E-state index < -0.39 is 0 Å². The number of nitrogens with one attached hydrogen (secondary N) is 1. The first-order valence-electron chi connectivity index (χ1n) is 7.90. The quantitative estimate of drug-likeness (QED) is 0.937. The molecule has 3 heterocycles. The zero-order valence-corrected chi connectivity index (χ0v) is 12.3. The van der Waals surface area contributed by atoms with E-state index in [4.69, 9.17) is 4.42 Å². The zero-order valence-electron chi connectivity index (χ0n) is 12.3. The molecule has 2 aliphatic rings. The number of likely N-dealkylation sites (tertiary alicyclic amines) is 1. The van der Waals surface area contributed by atoms with Crippen molar-refractivity contribution in [3.05, 3.63) is 48.2 Å². The first-order chi connectivity index (χ1) is 10.3. The Morgan fingerprint density at radius 2 is 2.00 bits per heavy atom. The second-order valence-corrected chi connectivity index (χ2v) is 6.52. The summed E-state index contributed by atoms with van der Waals surface area (Å²) in [6, 6.07) is 14.5. The molecule has 0 bridgehead atoms. The van der Waals surface area contributed by atoms with Gasteiger partial charge >= 0.3 is 0 Å². The van der Waals surface area contributed by atoms with Crippen LogP contribution >= 0.6 is 0 Å². The monoisotopic (exact) mass is 282 g/mol. The van der Waals surface area contributed by atoms with Crippen molar-refractivity contribution >= 4 is 0 Å². The third kappa shape index (κ3) is 2.63. The summed E-state index contributed by atoms with van der Waals surface area (Å²) in [7, 11) is 0. The summed E-state index contributed by atoms with van der Waals surface area (Å²) >= 11 is 0. The van der Waals surface area contributed by atoms with Crippen LogP contribution in [0.3, 0.4) is 0 Å². The number of nitrogens with zero attached hydrogens (tertiary/aromatic N) is 1. The van der Waals surface area contributed by atoms with Gasteiger partial charge < -0.3 is 9.73 Å². The lowest BCUT2D eigenvalue weighted by atomic mass is 9.87. The maximum absolute atomic E-state index is 6.03. The summed E-state index contributed by atoms with van der Waals surface area (Å²) in [5.41, 5.74) is 1.69. The Morgan fingerprint density at radius 1 is 1.10 bits per heavy atom. The first-order valence-corrected chi connectivity index (χ1v) is 7.90. The molecule has 1 unspecified atom stereocenters. The Bertz CT molecular complexity index is 599. The van der Waals surface area contributed by atoms with E-state index in [1.165, 1.54) is 39.0 Å². The molecule has 2 fully saturated rings. The Morgan fingerprint density at radius 3 is 2.81 bits per heavy atom. The van der Waals surface area contributed by atoms with Crippen LogP contribution in [0.4, 0.5) is 0 Å². The fourth-order valence-electron chi connectivity index (χ4n) is 3.75. The maximum Gasteiger partial charge on any atom is 0.134 e. The highest BCUT2D eigenvalue weighted by atomic mass is 16.3. The highest BCUT2D eigenvalue weighted by Gasteiger charge is 2.40. The van der Waals surface area contributed by atoms with E-state index in [9.17, 15) is 0 Å². The molecule has 1 atom stereocenters. The molecule has 0 aliphatic carbocycles. The minimum absolute atomic E-state index is 0.537. The van der Waals surface area contributed by atoms with Crippen molar-refractivity contribution in [1.29, 1.82) is 0 Å². The molecule has 4 rings (SSSR count). The largest absolute Gasteiger partial charge is 0.460 e. The molecule has 1 spiro atoms. The fraction of sp³-hybridized carbons (Fsp3) is 0.444. The van der Waals surface area contributed by atoms with E-state index in [-0.39, 0.29) is 0 Å². The van der Waals surface area contributed by atoms with E-state index in [0.29, 0.717) is 5.41 Å². The lowest BCUT2D eigenvalue weighted by molar-refractivity contribution is 0.252. The standard InChI is InChI=1S/C18H22N2O/c1-2-4-15(5-3-1)17-7-6-16(21-17)12-20-11-9-18(14-20)8-10-19-13-18/h1-7,19H,8-14H2. The van der Waals surface area contributed by atoms with Gasteiger partial charge in [0.2, 0.25) is 0 Å². The smallest absolute Gasteiger partial charge is 0.134 e. The molecule has 1 aromatic carbocycles. The van der Waals surface area contributed by atoms with Gasteiger partial charge in [-0.2, -0.15) is 0 Å². The topological polar surface area (TPSA) is 28.4 Å². The van der Waals surface area contributed by atoms with Crippen LogP contribution in [0.15, 0.2) is 46.9 Å². The molecular weight excluding hydrogens is 260 g/mol. The number of hydrogen-bond acceptors (Lipinski definition) is 3. The molecule has 0 amide bonds. The number of rotatable bonds is 3. The van der Waals surface area contributed by atoms with Crippen LogP contribution in [0.2, 0.25) is 0 Å². The predicted octanol–water partition coefficient (Wildman–Crippen LogP) is 3.13. The van der Waals surface area contributed by atoms with Gasteiger partial charge in [0.05, 0.1) is 6.54 Å². The normalized spacial score (nSPS) is 25.9. The average Bonchev–Trinajstić information content (AvgIpc) is 3.24. The lowest BCUT2D eigenvalue weighted by Crippen LogP contribution is -2.28. The molecule has 3 heteroatoms. The molecule has 0 saturated carbocycles. The van der Waals surface area contributed by atoms with E-state index in [0.717, 1.165) is 23.6 Å². The maximum atomic E-state index is 6.03. The van der Waals surface area contributed by atoms with Crippen molar-refractivity contribution in [3.8, 4) is 11.3 Å². The molecule has 1 N–H and O–H groups in total. The van der Waals surface area contributed by atoms with E-state index in [2.05, 4.69) is 46.6 Å². The van der Waals surface area contributed by atoms with Gasteiger partial charge in [-0.05, 0) is 43.5 Å². The van der Waals surface area contributed by atoms with Crippen molar-refractivity contribution in [2.75, 3.05) is 26.2 Å². The molecule has 2 aliphatic heterocycles. The van der Waals surface area contributed by atoms with Crippen LogP contribution in [0.1, 0.15) is 18.6 Å². The summed E-state index contributed by atoms with van der Waals surface area (Å²) in [4.78, 5) is 2.54. The SMILES string of the molecule is c1ccc(-c2ccc(CN3CCC4(CCNC4)C3)o2)cc1. The third-order valence-corrected chi connectivity index (χ3v) is 4.95. The number of furan rings is 1. The Hall–Kier alpha value is -1.58. The Labute approximate surface area is 126 Å². The van der Waals surface area contributed by atoms with E-state index in [1.54, 1.807) is 0 Å². The van der Waals surface area contributed by atoms with Crippen molar-refractivity contribution in [1.82, 2.24) is 10.2 Å². The lowest BCUT2D eigenvalue weighted by Gasteiger charge is -2.22. The van der Waals surface area contributed by atoms with Crippen molar-refractivity contribution in [2.45, 2.75) is 19.4 Å². The minimum Gasteiger partial charge on any atom is -0.460 e. The predicted molar refractivity (Wildman–Crippen MR) is 84.0 cm³/mol. The summed E-state index contributed by atoms with van der Waals surface area (Å²) in [6.45, 7) is 5.72. The average molecular weight is 282 g/mol. The van der Waals surface area contributed by atoms with Gasteiger partial charge in [-0.15, -0.1) is 0 Å². The van der Waals surface area contributed by atoms with Gasteiger partial charge in [-0.25, -0.2) is 0 Å². The van der Waals surface area contributed by atoms with Gasteiger partial charge in [0.25, 0.3) is 0 Å². The van der Waals surface area contributed by atoms with E-state index in [1.807, 2.05) is 6.07 Å². The third-order valence-electron chi connectivity index (χ3n) is 4.95. The van der Waals surface area contributed by atoms with E-state index >= 15 is 0 Å². The van der Waals surface area contributed by atoms with Crippen molar-refractivity contribution in [3.63, 3.8) is 0 Å². The molecular formula is C18H22N2O. The Balaban J connectivity index is 1.43. The summed E-state index contributed by atoms with van der Waals surface area (Å²) < 4.78 is 6.03. The van der Waals surface area contributed by atoms with Crippen LogP contribution in [-0.4, -0.2) is 31.1 Å². The first kappa shape index (κ1) is 13.1. The molecule has 2 aromatic rings. The minimum atomic E-state index is 0.537. The zero-order chi connectivity index (χ0) is 14.1. The van der Waals surface area contributed by atoms with Crippen LogP contribution < -0.4 is 5.32 Å². The van der Waals surface area contributed by atoms with Crippen molar-refractivity contribution in [2.24, 2.45) is 5.41 Å². The highest BCUT2D eigenvalue weighted by molar-refractivity contribution is 5.57. The van der Waals surface area contributed by atoms with Gasteiger partial charge in [0.1, 0.15) is 11.5 Å². The van der Waals surface area contributed by atoms with Crippen LogP contribution in [-0.2, 0) is 6.54 Å². The molecule has 0 radical (unpaired) electrons. The molecule has 1 aromatic heterocycles. The summed E-state index contributed by atoms with van der Waals surface area (Å²) in [6.07, 6.45) is 2.66. The molecule has 110 valence electrons. The van der Waals surface area contributed by atoms with Crippen molar-refractivity contribution < 1.29 is 4.42 Å². The highest BCUT2D eigenvalue weighted by Crippen LogP contribution is 2.36. The van der Waals surface area contributed by atoms with Crippen LogP contribution in [0.5, 0.6) is 0 Å². The molecule has 3 nitrogen and oxygen atoms in total. The molecule has 21 heavy (non-hydrogen) atoms. The fourth-order valence-corrected chi connectivity index (χ4v) is 3.75. The van der Waals surface area contributed by atoms with Gasteiger partial charge in [0.15, 0.2) is 0 Å².